The third kappa shape index (κ3) is 3.62. The molecule has 0 fully saturated rings. The average Bonchev–Trinajstić information content (AvgIpc) is 2.52. The highest BCUT2D eigenvalue weighted by Gasteiger charge is 2.06. The first-order valence-electron chi connectivity index (χ1n) is 6.28. The van der Waals surface area contributed by atoms with Gasteiger partial charge < -0.3 is 19.9 Å². The molecule has 0 aliphatic heterocycles. The van der Waals surface area contributed by atoms with Gasteiger partial charge in [0.1, 0.15) is 5.69 Å². The Kier molecular flexibility index (Phi) is 4.61. The second kappa shape index (κ2) is 6.60. The van der Waals surface area contributed by atoms with Crippen LogP contribution in [-0.4, -0.2) is 30.3 Å². The van der Waals surface area contributed by atoms with Crippen LogP contribution >= 0.6 is 0 Å². The molecule has 0 saturated carbocycles. The normalized spacial score (nSPS) is 10.0. The molecule has 0 bridgehead atoms. The van der Waals surface area contributed by atoms with Gasteiger partial charge in [0.05, 0.1) is 26.1 Å². The lowest BCUT2D eigenvalue weighted by Crippen LogP contribution is -2.03. The minimum Gasteiger partial charge on any atom is -0.493 e. The summed E-state index contributed by atoms with van der Waals surface area (Å²) in [7, 11) is 3.18. The predicted molar refractivity (Wildman–Crippen MR) is 78.1 cm³/mol. The van der Waals surface area contributed by atoms with Crippen molar-refractivity contribution in [2.75, 3.05) is 19.5 Å². The monoisotopic (exact) mass is 288 g/mol. The van der Waals surface area contributed by atoms with E-state index in [9.17, 15) is 4.79 Å². The summed E-state index contributed by atoms with van der Waals surface area (Å²) in [5.41, 5.74) is 1.77. The molecule has 0 amide bonds. The fourth-order valence-electron chi connectivity index (χ4n) is 1.82. The van der Waals surface area contributed by atoms with Crippen molar-refractivity contribution in [1.82, 2.24) is 4.98 Å². The number of hydrogen-bond acceptors (Lipinski definition) is 5. The summed E-state index contributed by atoms with van der Waals surface area (Å²) in [6.07, 6.45) is 1.49. The molecule has 6 nitrogen and oxygen atoms in total. The Bertz CT molecular complexity index is 626. The van der Waals surface area contributed by atoms with Crippen molar-refractivity contribution >= 4 is 11.7 Å². The minimum atomic E-state index is -1.04. The van der Waals surface area contributed by atoms with Gasteiger partial charge in [-0.25, -0.2) is 9.78 Å². The van der Waals surface area contributed by atoms with Crippen LogP contribution in [0.5, 0.6) is 11.5 Å². The maximum absolute atomic E-state index is 10.7. The summed E-state index contributed by atoms with van der Waals surface area (Å²) >= 11 is 0. The van der Waals surface area contributed by atoms with Gasteiger partial charge in [0.25, 0.3) is 0 Å². The number of carbonyl (C=O) groups is 1. The van der Waals surface area contributed by atoms with Crippen molar-refractivity contribution in [2.24, 2.45) is 0 Å². The van der Waals surface area contributed by atoms with E-state index in [0.29, 0.717) is 18.0 Å². The Hall–Kier alpha value is -2.76. The van der Waals surface area contributed by atoms with Crippen LogP contribution in [0.15, 0.2) is 36.5 Å². The van der Waals surface area contributed by atoms with Gasteiger partial charge in [-0.15, -0.1) is 0 Å². The highest BCUT2D eigenvalue weighted by molar-refractivity contribution is 5.85. The van der Waals surface area contributed by atoms with Crippen LogP contribution in [0.2, 0.25) is 0 Å². The molecule has 1 aromatic heterocycles. The van der Waals surface area contributed by atoms with Crippen molar-refractivity contribution < 1.29 is 19.4 Å². The van der Waals surface area contributed by atoms with Gasteiger partial charge in [-0.1, -0.05) is 6.07 Å². The Morgan fingerprint density at radius 1 is 1.19 bits per heavy atom. The van der Waals surface area contributed by atoms with Crippen molar-refractivity contribution in [2.45, 2.75) is 6.54 Å². The van der Waals surface area contributed by atoms with Gasteiger partial charge in [0.15, 0.2) is 11.5 Å². The number of aromatic carboxylic acids is 1. The zero-order valence-corrected chi connectivity index (χ0v) is 11.8. The number of nitrogens with zero attached hydrogens (tertiary/aromatic N) is 1. The Morgan fingerprint density at radius 3 is 2.52 bits per heavy atom. The predicted octanol–water partition coefficient (Wildman–Crippen LogP) is 2.41. The Balaban J connectivity index is 2.04. The van der Waals surface area contributed by atoms with Crippen LogP contribution in [0.3, 0.4) is 0 Å². The summed E-state index contributed by atoms with van der Waals surface area (Å²) in [6.45, 7) is 0.564. The van der Waals surface area contributed by atoms with Crippen molar-refractivity contribution in [1.29, 1.82) is 0 Å². The van der Waals surface area contributed by atoms with E-state index in [0.717, 1.165) is 11.3 Å². The number of anilines is 1. The second-order valence-electron chi connectivity index (χ2n) is 4.28. The van der Waals surface area contributed by atoms with E-state index in [-0.39, 0.29) is 5.69 Å². The molecule has 0 aliphatic rings. The number of methoxy groups -OCH3 is 2. The largest absolute Gasteiger partial charge is 0.493 e. The first-order valence-corrected chi connectivity index (χ1v) is 6.28. The van der Waals surface area contributed by atoms with Crippen LogP contribution in [0.25, 0.3) is 0 Å². The number of carboxylic acids is 1. The Morgan fingerprint density at radius 2 is 1.95 bits per heavy atom. The molecule has 0 saturated heterocycles. The molecule has 110 valence electrons. The highest BCUT2D eigenvalue weighted by Crippen LogP contribution is 2.27. The molecule has 2 rings (SSSR count). The molecule has 2 N–H and O–H groups in total. The number of ether oxygens (including phenoxy) is 2. The quantitative estimate of drug-likeness (QED) is 0.849. The molecular formula is C15H16N2O4. The highest BCUT2D eigenvalue weighted by atomic mass is 16.5. The second-order valence-corrected chi connectivity index (χ2v) is 4.28. The van der Waals surface area contributed by atoms with Crippen LogP contribution < -0.4 is 14.8 Å². The standard InChI is InChI=1S/C15H16N2O4/c1-20-13-6-3-10(7-14(13)21-2)8-16-11-4-5-12(15(18)19)17-9-11/h3-7,9,16H,8H2,1-2H3,(H,18,19). The number of nitrogens with one attached hydrogen (secondary N) is 1. The molecule has 2 aromatic rings. The molecule has 0 atom stereocenters. The summed E-state index contributed by atoms with van der Waals surface area (Å²) in [5, 5.41) is 11.9. The van der Waals surface area contributed by atoms with Gasteiger partial charge >= 0.3 is 5.97 Å². The Labute approximate surface area is 122 Å². The lowest BCUT2D eigenvalue weighted by Gasteiger charge is -2.11. The summed E-state index contributed by atoms with van der Waals surface area (Å²) in [5.74, 6) is 0.298. The number of hydrogen-bond donors (Lipinski definition) is 2. The molecule has 1 aromatic carbocycles. The van der Waals surface area contributed by atoms with E-state index in [1.165, 1.54) is 12.3 Å². The van der Waals surface area contributed by atoms with E-state index in [1.54, 1.807) is 20.3 Å². The number of aromatic nitrogens is 1. The maximum Gasteiger partial charge on any atom is 0.354 e. The molecule has 21 heavy (non-hydrogen) atoms. The number of rotatable bonds is 6. The molecule has 0 spiro atoms. The number of carboxylic acid groups (broad SMARTS) is 1. The third-order valence-corrected chi connectivity index (χ3v) is 2.93. The first-order chi connectivity index (χ1) is 10.1. The SMILES string of the molecule is COc1ccc(CNc2ccc(C(=O)O)nc2)cc1OC. The van der Waals surface area contributed by atoms with Gasteiger partial charge in [-0.05, 0) is 29.8 Å². The fourth-order valence-corrected chi connectivity index (χ4v) is 1.82. The first kappa shape index (κ1) is 14.6. The smallest absolute Gasteiger partial charge is 0.354 e. The summed E-state index contributed by atoms with van der Waals surface area (Å²) < 4.78 is 10.4. The van der Waals surface area contributed by atoms with E-state index in [2.05, 4.69) is 10.3 Å². The third-order valence-electron chi connectivity index (χ3n) is 2.93. The zero-order chi connectivity index (χ0) is 15.2. The van der Waals surface area contributed by atoms with Crippen LogP contribution in [-0.2, 0) is 6.54 Å². The fraction of sp³-hybridized carbons (Fsp3) is 0.200. The van der Waals surface area contributed by atoms with E-state index < -0.39 is 5.97 Å². The molecule has 0 aliphatic carbocycles. The minimum absolute atomic E-state index is 0.0201. The molecule has 0 unspecified atom stereocenters. The van der Waals surface area contributed by atoms with Crippen LogP contribution in [0.1, 0.15) is 16.1 Å². The summed E-state index contributed by atoms with van der Waals surface area (Å²) in [6, 6.07) is 8.77. The van der Waals surface area contributed by atoms with Crippen molar-refractivity contribution in [3.8, 4) is 11.5 Å². The van der Waals surface area contributed by atoms with Crippen LogP contribution in [0.4, 0.5) is 5.69 Å². The van der Waals surface area contributed by atoms with Gasteiger partial charge in [0.2, 0.25) is 0 Å². The summed E-state index contributed by atoms with van der Waals surface area (Å²) in [4.78, 5) is 14.6. The van der Waals surface area contributed by atoms with E-state index in [1.807, 2.05) is 18.2 Å². The number of pyridine rings is 1. The molecule has 6 heteroatoms. The van der Waals surface area contributed by atoms with E-state index in [4.69, 9.17) is 14.6 Å². The van der Waals surface area contributed by atoms with E-state index >= 15 is 0 Å². The van der Waals surface area contributed by atoms with Crippen molar-refractivity contribution in [3.05, 3.63) is 47.8 Å². The number of benzene rings is 1. The van der Waals surface area contributed by atoms with Gasteiger partial charge in [0, 0.05) is 6.54 Å². The molecular weight excluding hydrogens is 272 g/mol. The lowest BCUT2D eigenvalue weighted by molar-refractivity contribution is 0.0690. The van der Waals surface area contributed by atoms with Crippen molar-refractivity contribution in [3.63, 3.8) is 0 Å². The van der Waals surface area contributed by atoms with Crippen LogP contribution in [0, 0.1) is 0 Å². The zero-order valence-electron chi connectivity index (χ0n) is 11.8. The lowest BCUT2D eigenvalue weighted by atomic mass is 10.2. The van der Waals surface area contributed by atoms with Gasteiger partial charge in [-0.2, -0.15) is 0 Å². The maximum atomic E-state index is 10.7. The topological polar surface area (TPSA) is 80.7 Å². The average molecular weight is 288 g/mol. The molecule has 1 heterocycles. The van der Waals surface area contributed by atoms with Gasteiger partial charge in [-0.3, -0.25) is 0 Å². The molecule has 0 radical (unpaired) electrons.